The molecule has 1 heterocycles. The van der Waals surface area contributed by atoms with Crippen LogP contribution in [0.4, 0.5) is 0 Å². The third kappa shape index (κ3) is 22.6. The monoisotopic (exact) mass is 220 g/mol. The minimum atomic E-state index is -0.509. The van der Waals surface area contributed by atoms with Crippen LogP contribution in [0.5, 0.6) is 0 Å². The molecule has 1 aliphatic rings. The number of hydrogen-bond donors (Lipinski definition) is 2. The summed E-state index contributed by atoms with van der Waals surface area (Å²) in [4.78, 5) is 9.46. The average Bonchev–Trinajstić information content (AvgIpc) is 2.76. The second-order valence-electron chi connectivity index (χ2n) is 2.67. The molecule has 14 heavy (non-hydrogen) atoms. The van der Waals surface area contributed by atoms with E-state index in [-0.39, 0.29) is 0 Å². The number of hydrogen-bond acceptors (Lipinski definition) is 3. The van der Waals surface area contributed by atoms with E-state index in [1.54, 1.807) is 0 Å². The van der Waals surface area contributed by atoms with E-state index < -0.39 is 5.24 Å². The van der Waals surface area contributed by atoms with Gasteiger partial charge in [-0.1, -0.05) is 13.5 Å². The van der Waals surface area contributed by atoms with Gasteiger partial charge in [-0.25, -0.2) is 0 Å². The first-order chi connectivity index (χ1) is 6.68. The summed E-state index contributed by atoms with van der Waals surface area (Å²) in [5, 5.41) is 5.64. The molecule has 0 amide bonds. The van der Waals surface area contributed by atoms with Crippen molar-refractivity contribution in [2.45, 2.75) is 19.8 Å². The number of halogens is 1. The Labute approximate surface area is 91.9 Å². The molecule has 84 valence electrons. The van der Waals surface area contributed by atoms with E-state index in [2.05, 4.69) is 24.1 Å². The number of rotatable bonds is 2. The van der Waals surface area contributed by atoms with Gasteiger partial charge in [-0.05, 0) is 57.2 Å². The summed E-state index contributed by atoms with van der Waals surface area (Å²) in [7, 11) is 1.93. The van der Waals surface area contributed by atoms with Crippen LogP contribution >= 0.6 is 11.6 Å². The molecule has 1 fully saturated rings. The smallest absolute Gasteiger partial charge is 0.244 e. The zero-order valence-corrected chi connectivity index (χ0v) is 9.86. The maximum atomic E-state index is 9.46. The highest BCUT2D eigenvalue weighted by molar-refractivity contribution is 6.66. The first-order valence-corrected chi connectivity index (χ1v) is 5.24. The zero-order valence-electron chi connectivity index (χ0n) is 9.11. The Morgan fingerprint density at radius 1 is 1.57 bits per heavy atom. The largest absolute Gasteiger partial charge is 0.320 e. The number of carbonyl (C=O) groups excluding carboxylic acids is 1. The highest BCUT2D eigenvalue weighted by Gasteiger charge is 1.93. The van der Waals surface area contributed by atoms with Crippen molar-refractivity contribution in [3.8, 4) is 0 Å². The number of nitrogens with one attached hydrogen (secondary N) is 2. The molecule has 0 radical (unpaired) electrons. The van der Waals surface area contributed by atoms with Gasteiger partial charge in [0.1, 0.15) is 0 Å². The second-order valence-corrected chi connectivity index (χ2v) is 3.04. The molecule has 0 spiro atoms. The van der Waals surface area contributed by atoms with Gasteiger partial charge in [0, 0.05) is 0 Å². The van der Waals surface area contributed by atoms with Crippen LogP contribution in [-0.2, 0) is 4.79 Å². The van der Waals surface area contributed by atoms with Gasteiger partial charge in [-0.15, -0.1) is 0 Å². The van der Waals surface area contributed by atoms with Gasteiger partial charge in [0.15, 0.2) is 0 Å². The third-order valence-electron chi connectivity index (χ3n) is 1.47. The van der Waals surface area contributed by atoms with Crippen molar-refractivity contribution in [2.24, 2.45) is 0 Å². The lowest BCUT2D eigenvalue weighted by atomic mass is 10.4. The Morgan fingerprint density at radius 2 is 1.93 bits per heavy atom. The molecule has 2 N–H and O–H groups in total. The van der Waals surface area contributed by atoms with E-state index >= 15 is 0 Å². The normalized spacial score (nSPS) is 13.1. The Balaban J connectivity index is 0. The van der Waals surface area contributed by atoms with Crippen molar-refractivity contribution in [1.29, 1.82) is 0 Å². The quantitative estimate of drug-likeness (QED) is 0.548. The predicted octanol–water partition coefficient (Wildman–Crippen LogP) is 1.53. The van der Waals surface area contributed by atoms with Gasteiger partial charge in [0.2, 0.25) is 5.24 Å². The summed E-state index contributed by atoms with van der Waals surface area (Å²) in [6, 6.07) is 0. The van der Waals surface area contributed by atoms with E-state index in [1.807, 2.05) is 7.05 Å². The number of carbonyl (C=O) groups is 1. The van der Waals surface area contributed by atoms with Crippen LogP contribution in [0, 0.1) is 0 Å². The Bertz CT molecular complexity index is 126. The Morgan fingerprint density at radius 3 is 2.00 bits per heavy atom. The predicted molar refractivity (Wildman–Crippen MR) is 62.8 cm³/mol. The molecule has 1 saturated heterocycles. The summed E-state index contributed by atoms with van der Waals surface area (Å²) in [6.07, 6.45) is 3.82. The van der Waals surface area contributed by atoms with Gasteiger partial charge in [0.05, 0.1) is 0 Å². The lowest BCUT2D eigenvalue weighted by molar-refractivity contribution is -0.107. The van der Waals surface area contributed by atoms with Gasteiger partial charge in [0.25, 0.3) is 0 Å². The van der Waals surface area contributed by atoms with Crippen LogP contribution in [0.2, 0.25) is 0 Å². The molecule has 1 rings (SSSR count). The molecule has 0 bridgehead atoms. The topological polar surface area (TPSA) is 41.1 Å². The van der Waals surface area contributed by atoms with Crippen LogP contribution < -0.4 is 10.6 Å². The molecule has 1 aliphatic heterocycles. The van der Waals surface area contributed by atoms with Crippen molar-refractivity contribution >= 4 is 16.8 Å². The van der Waals surface area contributed by atoms with Gasteiger partial charge in [-0.3, -0.25) is 4.79 Å². The Kier molecular flexibility index (Phi) is 17.3. The summed E-state index contributed by atoms with van der Waals surface area (Å²) < 4.78 is 0. The summed E-state index contributed by atoms with van der Waals surface area (Å²) >= 11 is 4.71. The van der Waals surface area contributed by atoms with E-state index in [0.717, 1.165) is 12.6 Å². The first kappa shape index (κ1) is 16.1. The maximum absolute atomic E-state index is 9.46. The van der Waals surface area contributed by atoms with Gasteiger partial charge in [-0.2, -0.15) is 0 Å². The van der Waals surface area contributed by atoms with E-state index in [1.165, 1.54) is 25.9 Å². The standard InChI is InChI=1S/C4H9N.C3H3ClO.C3H9N/c1-2-4-5-3-1;1-2-3(4)5;1-3-4-2/h5H,1-4H2;2H,1H2;4H,3H2,1-2H3. The fourth-order valence-electron chi connectivity index (χ4n) is 0.625. The van der Waals surface area contributed by atoms with E-state index in [0.29, 0.717) is 0 Å². The van der Waals surface area contributed by atoms with Crippen molar-refractivity contribution in [3.05, 3.63) is 12.7 Å². The molecule has 0 atom stereocenters. The molecule has 0 aliphatic carbocycles. The van der Waals surface area contributed by atoms with Gasteiger partial charge < -0.3 is 10.6 Å². The summed E-state index contributed by atoms with van der Waals surface area (Å²) in [5.74, 6) is 0. The summed E-state index contributed by atoms with van der Waals surface area (Å²) in [6.45, 7) is 8.72. The van der Waals surface area contributed by atoms with Crippen LogP contribution in [0.15, 0.2) is 12.7 Å². The highest BCUT2D eigenvalue weighted by Crippen LogP contribution is 1.90. The average molecular weight is 221 g/mol. The number of allylic oxidation sites excluding steroid dienone is 1. The van der Waals surface area contributed by atoms with Crippen LogP contribution in [-0.4, -0.2) is 31.9 Å². The molecule has 0 aromatic carbocycles. The molecule has 0 unspecified atom stereocenters. The zero-order chi connectivity index (χ0) is 11.2. The second kappa shape index (κ2) is 15.1. The molecular formula is C10H21ClN2O. The van der Waals surface area contributed by atoms with Crippen LogP contribution in [0.3, 0.4) is 0 Å². The molecule has 4 heteroatoms. The maximum Gasteiger partial charge on any atom is 0.244 e. The van der Waals surface area contributed by atoms with Crippen LogP contribution in [0.1, 0.15) is 19.8 Å². The molecule has 0 saturated carbocycles. The van der Waals surface area contributed by atoms with Crippen molar-refractivity contribution < 1.29 is 4.79 Å². The lowest BCUT2D eigenvalue weighted by Crippen LogP contribution is -2.03. The van der Waals surface area contributed by atoms with Crippen molar-refractivity contribution in [2.75, 3.05) is 26.7 Å². The minimum Gasteiger partial charge on any atom is -0.320 e. The van der Waals surface area contributed by atoms with Crippen molar-refractivity contribution in [3.63, 3.8) is 0 Å². The lowest BCUT2D eigenvalue weighted by Gasteiger charge is -1.76. The van der Waals surface area contributed by atoms with E-state index in [4.69, 9.17) is 11.6 Å². The first-order valence-electron chi connectivity index (χ1n) is 4.86. The highest BCUT2D eigenvalue weighted by atomic mass is 35.5. The molecule has 3 nitrogen and oxygen atoms in total. The molecule has 0 aromatic rings. The fraction of sp³-hybridized carbons (Fsp3) is 0.700. The third-order valence-corrected chi connectivity index (χ3v) is 1.63. The fourth-order valence-corrected chi connectivity index (χ4v) is 0.625. The minimum absolute atomic E-state index is 0.509. The Hall–Kier alpha value is -0.380. The molecule has 0 aromatic heterocycles. The van der Waals surface area contributed by atoms with Crippen LogP contribution in [0.25, 0.3) is 0 Å². The molecular weight excluding hydrogens is 200 g/mol. The summed E-state index contributed by atoms with van der Waals surface area (Å²) in [5.41, 5.74) is 0. The van der Waals surface area contributed by atoms with Crippen molar-refractivity contribution in [1.82, 2.24) is 10.6 Å². The van der Waals surface area contributed by atoms with E-state index in [9.17, 15) is 4.79 Å². The van der Waals surface area contributed by atoms with Gasteiger partial charge >= 0.3 is 0 Å². The SMILES string of the molecule is C1CCNC1.C=CC(=O)Cl.CCNC.